The minimum Gasteiger partial charge on any atom is -0.399 e. The van der Waals surface area contributed by atoms with Gasteiger partial charge in [-0.15, -0.1) is 0 Å². The van der Waals surface area contributed by atoms with Crippen molar-refractivity contribution in [2.45, 2.75) is 19.9 Å². The van der Waals surface area contributed by atoms with E-state index in [4.69, 9.17) is 11.0 Å². The Hall–Kier alpha value is -2.54. The van der Waals surface area contributed by atoms with Gasteiger partial charge in [-0.1, -0.05) is 25.1 Å². The van der Waals surface area contributed by atoms with E-state index in [1.807, 2.05) is 30.3 Å². The standard InChI is InChI=1S/C17H18FN3/c1-2-9-21(16-8-4-7-15(20)10-16)12-14-6-3-5-13(11-19)17(14)18/h3-8,10H,2,9,12,20H2,1H3. The third kappa shape index (κ3) is 3.51. The van der Waals surface area contributed by atoms with Crippen LogP contribution < -0.4 is 10.6 Å². The molecule has 0 saturated carbocycles. The van der Waals surface area contributed by atoms with Crippen LogP contribution in [0.15, 0.2) is 42.5 Å². The SMILES string of the molecule is CCCN(Cc1cccc(C#N)c1F)c1cccc(N)c1. The minimum absolute atomic E-state index is 0.0801. The fourth-order valence-electron chi connectivity index (χ4n) is 2.28. The molecule has 3 nitrogen and oxygen atoms in total. The summed E-state index contributed by atoms with van der Waals surface area (Å²) in [7, 11) is 0. The van der Waals surface area contributed by atoms with Crippen molar-refractivity contribution in [3.05, 3.63) is 59.4 Å². The Morgan fingerprint density at radius 2 is 2.00 bits per heavy atom. The summed E-state index contributed by atoms with van der Waals surface area (Å²) in [6.45, 7) is 3.28. The molecule has 21 heavy (non-hydrogen) atoms. The Balaban J connectivity index is 2.31. The highest BCUT2D eigenvalue weighted by atomic mass is 19.1. The van der Waals surface area contributed by atoms with Crippen molar-refractivity contribution in [3.63, 3.8) is 0 Å². The smallest absolute Gasteiger partial charge is 0.145 e. The van der Waals surface area contributed by atoms with E-state index >= 15 is 0 Å². The van der Waals surface area contributed by atoms with E-state index in [1.165, 1.54) is 6.07 Å². The third-order valence-electron chi connectivity index (χ3n) is 3.29. The summed E-state index contributed by atoms with van der Waals surface area (Å²) in [5.74, 6) is -0.440. The first-order chi connectivity index (χ1) is 10.2. The molecule has 0 atom stereocenters. The molecule has 0 unspecified atom stereocenters. The lowest BCUT2D eigenvalue weighted by molar-refractivity contribution is 0.599. The zero-order valence-corrected chi connectivity index (χ0v) is 12.0. The number of halogens is 1. The largest absolute Gasteiger partial charge is 0.399 e. The van der Waals surface area contributed by atoms with Crippen LogP contribution in [-0.4, -0.2) is 6.54 Å². The summed E-state index contributed by atoms with van der Waals surface area (Å²) in [5.41, 5.74) is 8.05. The van der Waals surface area contributed by atoms with Crippen LogP contribution in [-0.2, 0) is 6.54 Å². The van der Waals surface area contributed by atoms with E-state index in [2.05, 4.69) is 11.8 Å². The molecule has 2 aromatic rings. The highest BCUT2D eigenvalue weighted by molar-refractivity contribution is 5.56. The second kappa shape index (κ2) is 6.76. The number of anilines is 2. The molecule has 0 fully saturated rings. The van der Waals surface area contributed by atoms with Gasteiger partial charge in [-0.3, -0.25) is 0 Å². The Bertz CT molecular complexity index is 661. The van der Waals surface area contributed by atoms with Crippen molar-refractivity contribution in [3.8, 4) is 6.07 Å². The molecule has 0 amide bonds. The number of hydrogen-bond donors (Lipinski definition) is 1. The summed E-state index contributed by atoms with van der Waals surface area (Å²) in [5, 5.41) is 8.91. The Kier molecular flexibility index (Phi) is 4.78. The monoisotopic (exact) mass is 283 g/mol. The number of benzene rings is 2. The Morgan fingerprint density at radius 1 is 1.24 bits per heavy atom. The summed E-state index contributed by atoms with van der Waals surface area (Å²) in [6, 6.07) is 14.3. The van der Waals surface area contributed by atoms with Gasteiger partial charge in [0.15, 0.2) is 0 Å². The van der Waals surface area contributed by atoms with E-state index in [9.17, 15) is 4.39 Å². The van der Waals surface area contributed by atoms with Crippen LogP contribution in [0, 0.1) is 17.1 Å². The molecule has 0 bridgehead atoms. The van der Waals surface area contributed by atoms with E-state index < -0.39 is 5.82 Å². The quantitative estimate of drug-likeness (QED) is 0.851. The molecule has 0 aliphatic rings. The zero-order valence-electron chi connectivity index (χ0n) is 12.0. The van der Waals surface area contributed by atoms with Gasteiger partial charge >= 0.3 is 0 Å². The molecule has 2 rings (SSSR count). The first-order valence-electron chi connectivity index (χ1n) is 6.93. The van der Waals surface area contributed by atoms with Gasteiger partial charge in [0.1, 0.15) is 11.9 Å². The zero-order chi connectivity index (χ0) is 15.2. The normalized spacial score (nSPS) is 10.1. The molecule has 4 heteroatoms. The molecule has 0 spiro atoms. The van der Waals surface area contributed by atoms with Crippen LogP contribution in [0.25, 0.3) is 0 Å². The highest BCUT2D eigenvalue weighted by Gasteiger charge is 2.12. The van der Waals surface area contributed by atoms with Crippen molar-refractivity contribution >= 4 is 11.4 Å². The van der Waals surface area contributed by atoms with Crippen LogP contribution in [0.4, 0.5) is 15.8 Å². The lowest BCUT2D eigenvalue weighted by Crippen LogP contribution is -2.24. The fraction of sp³-hybridized carbons (Fsp3) is 0.235. The topological polar surface area (TPSA) is 53.0 Å². The molecule has 108 valence electrons. The number of nitrogens with two attached hydrogens (primary N) is 1. The number of nitrogen functional groups attached to an aromatic ring is 1. The molecular weight excluding hydrogens is 265 g/mol. The highest BCUT2D eigenvalue weighted by Crippen LogP contribution is 2.22. The van der Waals surface area contributed by atoms with E-state index in [0.717, 1.165) is 18.7 Å². The summed E-state index contributed by atoms with van der Waals surface area (Å²) in [6.07, 6.45) is 0.939. The van der Waals surface area contributed by atoms with Crippen LogP contribution in [0.1, 0.15) is 24.5 Å². The van der Waals surface area contributed by atoms with Crippen LogP contribution >= 0.6 is 0 Å². The Morgan fingerprint density at radius 3 is 2.67 bits per heavy atom. The number of rotatable bonds is 5. The summed E-state index contributed by atoms with van der Waals surface area (Å²) >= 11 is 0. The predicted molar refractivity (Wildman–Crippen MR) is 83.3 cm³/mol. The second-order valence-electron chi connectivity index (χ2n) is 4.91. The van der Waals surface area contributed by atoms with Crippen molar-refractivity contribution in [1.29, 1.82) is 5.26 Å². The van der Waals surface area contributed by atoms with Crippen LogP contribution in [0.5, 0.6) is 0 Å². The van der Waals surface area contributed by atoms with Gasteiger partial charge in [-0.05, 0) is 30.7 Å². The van der Waals surface area contributed by atoms with Crippen LogP contribution in [0.2, 0.25) is 0 Å². The first kappa shape index (κ1) is 14.9. The molecule has 0 aliphatic heterocycles. The van der Waals surface area contributed by atoms with E-state index in [0.29, 0.717) is 17.8 Å². The molecule has 0 aromatic heterocycles. The maximum absolute atomic E-state index is 14.2. The first-order valence-corrected chi connectivity index (χ1v) is 6.93. The van der Waals surface area contributed by atoms with Crippen molar-refractivity contribution in [2.24, 2.45) is 0 Å². The van der Waals surface area contributed by atoms with Gasteiger partial charge in [-0.25, -0.2) is 4.39 Å². The van der Waals surface area contributed by atoms with Crippen LogP contribution in [0.3, 0.4) is 0 Å². The van der Waals surface area contributed by atoms with E-state index in [1.54, 1.807) is 12.1 Å². The number of nitriles is 1. The number of nitrogens with zero attached hydrogens (tertiary/aromatic N) is 2. The Labute approximate surface area is 124 Å². The molecule has 2 N–H and O–H groups in total. The lowest BCUT2D eigenvalue weighted by Gasteiger charge is -2.25. The van der Waals surface area contributed by atoms with Gasteiger partial charge in [0.05, 0.1) is 5.56 Å². The van der Waals surface area contributed by atoms with Gasteiger partial charge in [0.2, 0.25) is 0 Å². The predicted octanol–water partition coefficient (Wildman–Crippen LogP) is 3.70. The van der Waals surface area contributed by atoms with Gasteiger partial charge in [0.25, 0.3) is 0 Å². The molecule has 0 saturated heterocycles. The lowest BCUT2D eigenvalue weighted by atomic mass is 10.1. The third-order valence-corrected chi connectivity index (χ3v) is 3.29. The van der Waals surface area contributed by atoms with Gasteiger partial charge in [-0.2, -0.15) is 5.26 Å². The maximum atomic E-state index is 14.2. The van der Waals surface area contributed by atoms with E-state index in [-0.39, 0.29) is 5.56 Å². The fourth-order valence-corrected chi connectivity index (χ4v) is 2.28. The average molecular weight is 283 g/mol. The van der Waals surface area contributed by atoms with Crippen molar-refractivity contribution in [1.82, 2.24) is 0 Å². The molecule has 0 heterocycles. The average Bonchev–Trinajstić information content (AvgIpc) is 2.48. The van der Waals surface area contributed by atoms with Crippen molar-refractivity contribution < 1.29 is 4.39 Å². The summed E-state index contributed by atoms with van der Waals surface area (Å²) in [4.78, 5) is 2.07. The molecule has 0 aliphatic carbocycles. The summed E-state index contributed by atoms with van der Waals surface area (Å²) < 4.78 is 14.2. The molecule has 2 aromatic carbocycles. The van der Waals surface area contributed by atoms with Gasteiger partial charge < -0.3 is 10.6 Å². The second-order valence-corrected chi connectivity index (χ2v) is 4.91. The molecule has 0 radical (unpaired) electrons. The van der Waals surface area contributed by atoms with Gasteiger partial charge in [0, 0.05) is 30.0 Å². The number of hydrogen-bond acceptors (Lipinski definition) is 3. The maximum Gasteiger partial charge on any atom is 0.145 e. The minimum atomic E-state index is -0.440. The molecular formula is C17H18FN3. The van der Waals surface area contributed by atoms with Crippen molar-refractivity contribution in [2.75, 3.05) is 17.2 Å².